The first-order valence-corrected chi connectivity index (χ1v) is 7.52. The van der Waals surface area contributed by atoms with Crippen LogP contribution in [0.25, 0.3) is 0 Å². The lowest BCUT2D eigenvalue weighted by Gasteiger charge is -2.29. The van der Waals surface area contributed by atoms with E-state index in [4.69, 9.17) is 17.3 Å². The van der Waals surface area contributed by atoms with Gasteiger partial charge in [-0.2, -0.15) is 0 Å². The molecule has 1 heterocycles. The van der Waals surface area contributed by atoms with Crippen LogP contribution in [0, 0.1) is 0 Å². The molecule has 0 spiro atoms. The molecule has 1 aromatic heterocycles. The van der Waals surface area contributed by atoms with Crippen LogP contribution < -0.4 is 11.1 Å². The highest BCUT2D eigenvalue weighted by Crippen LogP contribution is 2.26. The fourth-order valence-corrected chi connectivity index (χ4v) is 3.06. The zero-order valence-electron chi connectivity index (χ0n) is 11.4. The zero-order valence-corrected chi connectivity index (χ0v) is 13.0. The number of hydrogen-bond donors (Lipinski definition) is 2. The predicted octanol–water partition coefficient (Wildman–Crippen LogP) is 2.46. The van der Waals surface area contributed by atoms with Gasteiger partial charge in [0.25, 0.3) is 0 Å². The van der Waals surface area contributed by atoms with Gasteiger partial charge in [0.2, 0.25) is 5.91 Å². The first-order valence-electron chi connectivity index (χ1n) is 6.16. The molecule has 0 aromatic carbocycles. The number of primary amides is 1. The molecule has 106 valence electrons. The Morgan fingerprint density at radius 3 is 2.84 bits per heavy atom. The molecule has 0 bridgehead atoms. The molecule has 0 radical (unpaired) electrons. The van der Waals surface area contributed by atoms with Crippen LogP contribution >= 0.6 is 23.4 Å². The summed E-state index contributed by atoms with van der Waals surface area (Å²) in [6, 6.07) is 3.79. The highest BCUT2D eigenvalue weighted by molar-refractivity contribution is 7.99. The lowest BCUT2D eigenvalue weighted by molar-refractivity contribution is -0.124. The molecule has 19 heavy (non-hydrogen) atoms. The predicted molar refractivity (Wildman–Crippen MR) is 80.5 cm³/mol. The van der Waals surface area contributed by atoms with E-state index >= 15 is 0 Å². The molecule has 0 saturated heterocycles. The maximum absolute atomic E-state index is 11.6. The highest BCUT2D eigenvalue weighted by atomic mass is 35.5. The van der Waals surface area contributed by atoms with Crippen molar-refractivity contribution in [1.29, 1.82) is 0 Å². The Labute approximate surface area is 123 Å². The van der Waals surface area contributed by atoms with Gasteiger partial charge in [-0.1, -0.05) is 11.6 Å². The number of hydrogen-bond acceptors (Lipinski definition) is 4. The Kier molecular flexibility index (Phi) is 6.10. The average Bonchev–Trinajstić information content (AvgIpc) is 2.30. The van der Waals surface area contributed by atoms with Crippen LogP contribution in [0.15, 0.2) is 23.4 Å². The van der Waals surface area contributed by atoms with E-state index in [-0.39, 0.29) is 11.9 Å². The summed E-state index contributed by atoms with van der Waals surface area (Å²) in [5.41, 5.74) is 4.77. The smallest absolute Gasteiger partial charge is 0.237 e. The highest BCUT2D eigenvalue weighted by Gasteiger charge is 2.30. The lowest BCUT2D eigenvalue weighted by Crippen LogP contribution is -2.55. The molecule has 0 aliphatic heterocycles. The van der Waals surface area contributed by atoms with Crippen molar-refractivity contribution in [3.63, 3.8) is 0 Å². The van der Waals surface area contributed by atoms with Crippen LogP contribution in [0.5, 0.6) is 0 Å². The number of carbonyl (C=O) groups excluding carboxylic acids is 1. The van der Waals surface area contributed by atoms with Crippen molar-refractivity contribution in [2.75, 3.05) is 5.75 Å². The number of aromatic nitrogens is 1. The number of amides is 1. The van der Waals surface area contributed by atoms with Crippen molar-refractivity contribution in [3.05, 3.63) is 23.4 Å². The third kappa shape index (κ3) is 5.01. The lowest BCUT2D eigenvalue weighted by atomic mass is 9.97. The zero-order chi connectivity index (χ0) is 14.5. The second kappa shape index (κ2) is 7.12. The molecular weight excluding hydrogens is 282 g/mol. The summed E-state index contributed by atoms with van der Waals surface area (Å²) in [4.78, 5) is 15.8. The van der Waals surface area contributed by atoms with Gasteiger partial charge >= 0.3 is 0 Å². The number of pyridine rings is 1. The maximum Gasteiger partial charge on any atom is 0.237 e. The van der Waals surface area contributed by atoms with E-state index in [9.17, 15) is 4.79 Å². The van der Waals surface area contributed by atoms with Gasteiger partial charge in [-0.25, -0.2) is 4.98 Å². The number of nitrogens with one attached hydrogen (secondary N) is 1. The van der Waals surface area contributed by atoms with Crippen LogP contribution in [-0.4, -0.2) is 28.2 Å². The molecule has 4 nitrogen and oxygen atoms in total. The molecule has 0 saturated carbocycles. The fraction of sp³-hybridized carbons (Fsp3) is 0.538. The summed E-state index contributed by atoms with van der Waals surface area (Å²) in [6.07, 6.45) is 2.33. The summed E-state index contributed by atoms with van der Waals surface area (Å²) in [5, 5.41) is 4.62. The molecule has 3 N–H and O–H groups in total. The van der Waals surface area contributed by atoms with Crippen molar-refractivity contribution in [1.82, 2.24) is 10.3 Å². The number of halogens is 1. The third-order valence-electron chi connectivity index (χ3n) is 2.72. The molecule has 1 rings (SSSR count). The van der Waals surface area contributed by atoms with Gasteiger partial charge in [0.05, 0.1) is 10.6 Å². The number of rotatable bonds is 7. The largest absolute Gasteiger partial charge is 0.368 e. The maximum atomic E-state index is 11.6. The van der Waals surface area contributed by atoms with E-state index in [2.05, 4.69) is 10.3 Å². The van der Waals surface area contributed by atoms with Gasteiger partial charge in [-0.15, -0.1) is 11.8 Å². The molecule has 0 aliphatic carbocycles. The van der Waals surface area contributed by atoms with Gasteiger partial charge in [0.1, 0.15) is 5.03 Å². The summed E-state index contributed by atoms with van der Waals surface area (Å²) >= 11 is 7.56. The average molecular weight is 302 g/mol. The summed E-state index contributed by atoms with van der Waals surface area (Å²) < 4.78 is 0. The topological polar surface area (TPSA) is 68.0 Å². The molecular formula is C13H20ClN3OS. The standard InChI is InChI=1S/C13H20ClN3OS/c1-9(2)17-13(3,12(15)18)6-8-19-11-10(14)5-4-7-16-11/h4-5,7,9,17H,6,8H2,1-3H3,(H2,15,18). The first-order chi connectivity index (χ1) is 8.85. The molecule has 1 amide bonds. The Bertz CT molecular complexity index is 442. The molecule has 6 heteroatoms. The minimum Gasteiger partial charge on any atom is -0.368 e. The molecule has 1 aromatic rings. The van der Waals surface area contributed by atoms with Crippen LogP contribution in [0.3, 0.4) is 0 Å². The van der Waals surface area contributed by atoms with Gasteiger partial charge in [0, 0.05) is 18.0 Å². The molecule has 0 fully saturated rings. The van der Waals surface area contributed by atoms with E-state index in [0.29, 0.717) is 11.4 Å². The van der Waals surface area contributed by atoms with Crippen LogP contribution in [0.2, 0.25) is 5.02 Å². The van der Waals surface area contributed by atoms with E-state index in [1.165, 1.54) is 11.8 Å². The van der Waals surface area contributed by atoms with Crippen molar-refractivity contribution >= 4 is 29.3 Å². The SMILES string of the molecule is CC(C)NC(C)(CCSc1ncccc1Cl)C(N)=O. The molecule has 1 unspecified atom stereocenters. The Hall–Kier alpha value is -0.780. The monoisotopic (exact) mass is 301 g/mol. The second-order valence-corrected chi connectivity index (χ2v) is 6.38. The Balaban J connectivity index is 2.58. The normalized spacial score (nSPS) is 14.4. The van der Waals surface area contributed by atoms with Crippen molar-refractivity contribution in [2.45, 2.75) is 43.8 Å². The number of carbonyl (C=O) groups is 1. The summed E-state index contributed by atoms with van der Waals surface area (Å²) in [6.45, 7) is 5.81. The summed E-state index contributed by atoms with van der Waals surface area (Å²) in [7, 11) is 0. The van der Waals surface area contributed by atoms with Gasteiger partial charge in [-0.3, -0.25) is 4.79 Å². The van der Waals surface area contributed by atoms with Crippen LogP contribution in [-0.2, 0) is 4.79 Å². The van der Waals surface area contributed by atoms with E-state index in [1.54, 1.807) is 18.3 Å². The van der Waals surface area contributed by atoms with Crippen molar-refractivity contribution < 1.29 is 4.79 Å². The first kappa shape index (κ1) is 16.3. The second-order valence-electron chi connectivity index (χ2n) is 4.88. The number of nitrogens with zero attached hydrogens (tertiary/aromatic N) is 1. The molecule has 1 atom stereocenters. The Morgan fingerprint density at radius 2 is 2.32 bits per heavy atom. The minimum absolute atomic E-state index is 0.195. The van der Waals surface area contributed by atoms with Crippen molar-refractivity contribution in [3.8, 4) is 0 Å². The minimum atomic E-state index is -0.706. The van der Waals surface area contributed by atoms with Crippen molar-refractivity contribution in [2.24, 2.45) is 5.73 Å². The Morgan fingerprint density at radius 1 is 1.63 bits per heavy atom. The van der Waals surface area contributed by atoms with Crippen LogP contribution in [0.4, 0.5) is 0 Å². The van der Waals surface area contributed by atoms with Gasteiger partial charge < -0.3 is 11.1 Å². The van der Waals surface area contributed by atoms with Gasteiger partial charge in [0.15, 0.2) is 0 Å². The van der Waals surface area contributed by atoms with Crippen LogP contribution in [0.1, 0.15) is 27.2 Å². The third-order valence-corrected chi connectivity index (χ3v) is 4.14. The number of thioether (sulfide) groups is 1. The van der Waals surface area contributed by atoms with E-state index < -0.39 is 5.54 Å². The van der Waals surface area contributed by atoms with E-state index in [1.807, 2.05) is 20.8 Å². The van der Waals surface area contributed by atoms with E-state index in [0.717, 1.165) is 10.8 Å². The quantitative estimate of drug-likeness (QED) is 0.759. The number of nitrogens with two attached hydrogens (primary N) is 1. The summed E-state index contributed by atoms with van der Waals surface area (Å²) in [5.74, 6) is 0.379. The molecule has 0 aliphatic rings. The fourth-order valence-electron chi connectivity index (χ4n) is 1.73. The van der Waals surface area contributed by atoms with Gasteiger partial charge in [-0.05, 0) is 39.3 Å².